The van der Waals surface area contributed by atoms with Crippen molar-refractivity contribution in [1.29, 1.82) is 0 Å². The zero-order valence-corrected chi connectivity index (χ0v) is 29.3. The number of hydrogen-bond acceptors (Lipinski definition) is 2. The normalized spacial score (nSPS) is 11.0. The number of fused-ring (bicyclic) bond motifs is 3. The first kappa shape index (κ1) is 35.0. The minimum atomic E-state index is 0. The minimum absolute atomic E-state index is 0. The predicted molar refractivity (Wildman–Crippen MR) is 155 cm³/mol. The maximum Gasteiger partial charge on any atom is 4.00 e. The van der Waals surface area contributed by atoms with Crippen LogP contribution in [-0.2, 0) is 36.7 Å². The number of ether oxygens (including phenoxy) is 2. The molecule has 0 saturated heterocycles. The van der Waals surface area contributed by atoms with Gasteiger partial charge in [0.25, 0.3) is 0 Å². The summed E-state index contributed by atoms with van der Waals surface area (Å²) in [6.07, 6.45) is 0. The fourth-order valence-electron chi connectivity index (χ4n) is 4.50. The van der Waals surface area contributed by atoms with Gasteiger partial charge in [0.15, 0.2) is 0 Å². The average Bonchev–Trinajstić information content (AvgIpc) is 3.50. The monoisotopic (exact) mass is 728 g/mol. The molecule has 0 aliphatic rings. The second kappa shape index (κ2) is 14.0. The van der Waals surface area contributed by atoms with Gasteiger partial charge in [-0.15, -0.1) is 51.4 Å². The van der Waals surface area contributed by atoms with Gasteiger partial charge >= 0.3 is 25.8 Å². The van der Waals surface area contributed by atoms with E-state index in [0.29, 0.717) is 0 Å². The molecule has 0 fully saturated rings. The summed E-state index contributed by atoms with van der Waals surface area (Å²) in [6.45, 7) is 13.6. The van der Waals surface area contributed by atoms with E-state index >= 15 is 0 Å². The number of methoxy groups -OCH3 is 2. The molecule has 0 radical (unpaired) electrons. The fourth-order valence-corrected chi connectivity index (χ4v) is 4.50. The van der Waals surface area contributed by atoms with Gasteiger partial charge in [-0.2, -0.15) is 18.2 Å². The van der Waals surface area contributed by atoms with Gasteiger partial charge in [-0.3, -0.25) is 0 Å². The SMILES string of the molecule is CC(C)(C)c1ccc2c(c1)[cH-]c1cc(C(C)(C)C)ccc12.COc1cc(OC)cc(-c2ccc[cH-]2)c1.[Cl-].[Cl-].[Hf+4]. The third kappa shape index (κ3) is 8.22. The molecule has 204 valence electrons. The van der Waals surface area contributed by atoms with Gasteiger partial charge in [-0.05, 0) is 10.8 Å². The molecule has 0 atom stereocenters. The molecule has 5 aromatic carbocycles. The first-order chi connectivity index (χ1) is 17.0. The molecule has 5 aromatic rings. The molecule has 0 aliphatic heterocycles. The van der Waals surface area contributed by atoms with Crippen LogP contribution in [0.4, 0.5) is 0 Å². The van der Waals surface area contributed by atoms with Gasteiger partial charge in [0, 0.05) is 6.07 Å². The van der Waals surface area contributed by atoms with Crippen LogP contribution in [0.3, 0.4) is 0 Å². The largest absolute Gasteiger partial charge is 4.00 e. The molecule has 0 amide bonds. The van der Waals surface area contributed by atoms with Crippen molar-refractivity contribution in [3.05, 3.63) is 96.1 Å². The Morgan fingerprint density at radius 2 is 1.08 bits per heavy atom. The minimum Gasteiger partial charge on any atom is -1.00 e. The maximum atomic E-state index is 5.22. The van der Waals surface area contributed by atoms with E-state index in [1.165, 1.54) is 38.2 Å². The Labute approximate surface area is 265 Å². The van der Waals surface area contributed by atoms with E-state index in [-0.39, 0.29) is 61.5 Å². The van der Waals surface area contributed by atoms with Crippen molar-refractivity contribution >= 4 is 21.5 Å². The van der Waals surface area contributed by atoms with Crippen molar-refractivity contribution in [1.82, 2.24) is 0 Å². The molecule has 0 N–H and O–H groups in total. The first-order valence-electron chi connectivity index (χ1n) is 12.6. The molecule has 5 heteroatoms. The topological polar surface area (TPSA) is 18.5 Å². The molecule has 0 unspecified atom stereocenters. The Balaban J connectivity index is 0.000000379. The van der Waals surface area contributed by atoms with E-state index in [1.54, 1.807) is 14.2 Å². The molecule has 0 spiro atoms. The number of rotatable bonds is 3. The third-order valence-corrected chi connectivity index (χ3v) is 6.78. The molecule has 39 heavy (non-hydrogen) atoms. The van der Waals surface area contributed by atoms with Gasteiger partial charge in [-0.25, -0.2) is 0 Å². The third-order valence-electron chi connectivity index (χ3n) is 6.78. The predicted octanol–water partition coefficient (Wildman–Crippen LogP) is 3.40. The quantitative estimate of drug-likeness (QED) is 0.210. The van der Waals surface area contributed by atoms with Crippen LogP contribution >= 0.6 is 0 Å². The van der Waals surface area contributed by atoms with Crippen LogP contribution in [0.25, 0.3) is 32.7 Å². The number of hydrogen-bond donors (Lipinski definition) is 0. The number of benzene rings is 3. The molecular weight excluding hydrogens is 690 g/mol. The van der Waals surface area contributed by atoms with Crippen molar-refractivity contribution < 1.29 is 60.1 Å². The van der Waals surface area contributed by atoms with Crippen LogP contribution in [0.5, 0.6) is 11.5 Å². The van der Waals surface area contributed by atoms with Crippen LogP contribution in [0.15, 0.2) is 84.9 Å². The zero-order chi connectivity index (χ0) is 26.1. The number of halogens is 2. The molecule has 5 rings (SSSR count). The Morgan fingerprint density at radius 1 is 0.615 bits per heavy atom. The molecule has 0 aromatic heterocycles. The molecular formula is C34H38Cl2HfO2. The molecule has 0 heterocycles. The Kier molecular flexibility index (Phi) is 12.6. The Bertz CT molecular complexity index is 1380. The van der Waals surface area contributed by atoms with Crippen LogP contribution in [0.2, 0.25) is 0 Å². The van der Waals surface area contributed by atoms with Gasteiger partial charge in [-0.1, -0.05) is 94.6 Å². The van der Waals surface area contributed by atoms with E-state index in [4.69, 9.17) is 9.47 Å². The van der Waals surface area contributed by atoms with Crippen molar-refractivity contribution in [2.24, 2.45) is 0 Å². The standard InChI is InChI=1S/C21H25.C13H13O2.2ClH.Hf/c1-20(2,3)16-7-9-18-14(12-16)11-15-13-17(21(4,5)6)8-10-19(15)18;1-14-12-7-11(8-13(9-12)15-2)10-5-3-4-6-10;;;/h7-13H,1-6H3;3-9H,1-2H3;2*1H;/q2*-1;;;+4/p-2. The molecule has 0 bridgehead atoms. The van der Waals surface area contributed by atoms with Crippen LogP contribution < -0.4 is 34.3 Å². The molecule has 2 nitrogen and oxygen atoms in total. The van der Waals surface area contributed by atoms with E-state index in [9.17, 15) is 0 Å². The van der Waals surface area contributed by atoms with Crippen molar-refractivity contribution in [2.75, 3.05) is 14.2 Å². The van der Waals surface area contributed by atoms with Crippen LogP contribution in [0, 0.1) is 0 Å². The fraction of sp³-hybridized carbons (Fsp3) is 0.294. The maximum absolute atomic E-state index is 5.22. The second-order valence-corrected chi connectivity index (χ2v) is 11.5. The summed E-state index contributed by atoms with van der Waals surface area (Å²) in [5.74, 6) is 1.62. The van der Waals surface area contributed by atoms with Crippen molar-refractivity contribution in [2.45, 2.75) is 52.4 Å². The summed E-state index contributed by atoms with van der Waals surface area (Å²) >= 11 is 0. The van der Waals surface area contributed by atoms with E-state index in [2.05, 4.69) is 96.1 Å². The first-order valence-corrected chi connectivity index (χ1v) is 12.6. The zero-order valence-electron chi connectivity index (χ0n) is 24.2. The van der Waals surface area contributed by atoms with Crippen LogP contribution in [0.1, 0.15) is 52.7 Å². The van der Waals surface area contributed by atoms with Gasteiger partial charge in [0.1, 0.15) is 11.5 Å². The average molecular weight is 728 g/mol. The summed E-state index contributed by atoms with van der Waals surface area (Å²) < 4.78 is 10.4. The summed E-state index contributed by atoms with van der Waals surface area (Å²) in [7, 11) is 3.31. The van der Waals surface area contributed by atoms with E-state index < -0.39 is 0 Å². The van der Waals surface area contributed by atoms with Crippen molar-refractivity contribution in [3.63, 3.8) is 0 Å². The Hall–Kier alpha value is -2.07. The molecule has 0 saturated carbocycles. The van der Waals surface area contributed by atoms with E-state index in [1.807, 2.05) is 30.3 Å². The summed E-state index contributed by atoms with van der Waals surface area (Å²) in [6, 6.07) is 30.2. The second-order valence-electron chi connectivity index (χ2n) is 11.5. The summed E-state index contributed by atoms with van der Waals surface area (Å²) in [4.78, 5) is 0. The smallest absolute Gasteiger partial charge is 1.00 e. The summed E-state index contributed by atoms with van der Waals surface area (Å²) in [5, 5.41) is 5.48. The van der Waals surface area contributed by atoms with Gasteiger partial charge in [0.05, 0.1) is 14.2 Å². The van der Waals surface area contributed by atoms with Gasteiger partial charge < -0.3 is 34.3 Å². The summed E-state index contributed by atoms with van der Waals surface area (Å²) in [5.41, 5.74) is 5.49. The van der Waals surface area contributed by atoms with Crippen LogP contribution in [-0.4, -0.2) is 14.2 Å². The van der Waals surface area contributed by atoms with Crippen molar-refractivity contribution in [3.8, 4) is 22.6 Å². The van der Waals surface area contributed by atoms with Gasteiger partial charge in [0.2, 0.25) is 0 Å². The molecule has 0 aliphatic carbocycles. The van der Waals surface area contributed by atoms with E-state index in [0.717, 1.165) is 17.1 Å². The Morgan fingerprint density at radius 3 is 1.44 bits per heavy atom.